The summed E-state index contributed by atoms with van der Waals surface area (Å²) in [6.07, 6.45) is 8.48. The molecular formula is C13H22N4. The van der Waals surface area contributed by atoms with Gasteiger partial charge in [0, 0.05) is 24.5 Å². The van der Waals surface area contributed by atoms with Crippen LogP contribution in [0.25, 0.3) is 0 Å². The molecule has 0 atom stereocenters. The molecular weight excluding hydrogens is 212 g/mol. The lowest BCUT2D eigenvalue weighted by Gasteiger charge is -2.28. The number of nitrogen functional groups attached to an aromatic ring is 1. The normalized spacial score (nSPS) is 18.0. The van der Waals surface area contributed by atoms with E-state index >= 15 is 0 Å². The highest BCUT2D eigenvalue weighted by atomic mass is 15.2. The van der Waals surface area contributed by atoms with Crippen LogP contribution in [0.1, 0.15) is 39.0 Å². The van der Waals surface area contributed by atoms with Gasteiger partial charge in [-0.05, 0) is 30.7 Å². The largest absolute Gasteiger partial charge is 0.384 e. The van der Waals surface area contributed by atoms with Crippen LogP contribution < -0.4 is 16.6 Å². The number of nitrogens with one attached hydrogen (secondary N) is 2. The van der Waals surface area contributed by atoms with Gasteiger partial charge in [0.1, 0.15) is 5.82 Å². The third kappa shape index (κ3) is 2.88. The molecule has 4 N–H and O–H groups in total. The lowest BCUT2D eigenvalue weighted by molar-refractivity contribution is 0.307. The number of aromatic nitrogens is 1. The monoisotopic (exact) mass is 234 g/mol. The Labute approximate surface area is 103 Å². The number of hydrazine groups is 1. The van der Waals surface area contributed by atoms with Gasteiger partial charge in [-0.15, -0.1) is 0 Å². The van der Waals surface area contributed by atoms with Crippen molar-refractivity contribution in [1.29, 1.82) is 0 Å². The Kier molecular flexibility index (Phi) is 3.84. The summed E-state index contributed by atoms with van der Waals surface area (Å²) in [7, 11) is 0. The minimum absolute atomic E-state index is 0.500. The average Bonchev–Trinajstić information content (AvgIpc) is 2.86. The maximum Gasteiger partial charge on any atom is 0.141 e. The molecule has 0 aromatic carbocycles. The first-order valence-electron chi connectivity index (χ1n) is 6.44. The van der Waals surface area contributed by atoms with E-state index in [4.69, 9.17) is 5.84 Å². The van der Waals surface area contributed by atoms with Gasteiger partial charge < -0.3 is 10.7 Å². The van der Waals surface area contributed by atoms with E-state index in [2.05, 4.69) is 22.7 Å². The van der Waals surface area contributed by atoms with Crippen molar-refractivity contribution in [3.8, 4) is 0 Å². The summed E-state index contributed by atoms with van der Waals surface area (Å²) in [5.41, 5.74) is 4.16. The Bertz CT molecular complexity index is 358. The molecule has 0 unspecified atom stereocenters. The summed E-state index contributed by atoms with van der Waals surface area (Å²) in [6.45, 7) is 3.35. The van der Waals surface area contributed by atoms with Crippen LogP contribution in [0.15, 0.2) is 18.3 Å². The minimum Gasteiger partial charge on any atom is -0.384 e. The molecule has 0 aliphatic heterocycles. The van der Waals surface area contributed by atoms with Gasteiger partial charge in [0.15, 0.2) is 0 Å². The molecule has 1 heterocycles. The third-order valence-electron chi connectivity index (χ3n) is 3.99. The van der Waals surface area contributed by atoms with Gasteiger partial charge in [-0.25, -0.2) is 10.8 Å². The van der Waals surface area contributed by atoms with Crippen molar-refractivity contribution in [3.63, 3.8) is 0 Å². The molecule has 0 radical (unpaired) electrons. The predicted molar refractivity (Wildman–Crippen MR) is 71.7 cm³/mol. The Balaban J connectivity index is 1.96. The first kappa shape index (κ1) is 12.2. The number of hydrogen-bond donors (Lipinski definition) is 3. The van der Waals surface area contributed by atoms with E-state index in [1.54, 1.807) is 6.20 Å². The fourth-order valence-corrected chi connectivity index (χ4v) is 2.69. The standard InChI is InChI=1S/C13H22N4/c1-2-13(6-3-4-7-13)10-16-11-5-8-15-12(9-11)17-14/h5,8-9H,2-4,6-7,10,14H2,1H3,(H2,15,16,17). The zero-order valence-electron chi connectivity index (χ0n) is 10.5. The second-order valence-corrected chi connectivity index (χ2v) is 4.99. The van der Waals surface area contributed by atoms with Crippen molar-refractivity contribution >= 4 is 11.5 Å². The molecule has 0 amide bonds. The summed E-state index contributed by atoms with van der Waals surface area (Å²) < 4.78 is 0. The van der Waals surface area contributed by atoms with Crippen molar-refractivity contribution < 1.29 is 0 Å². The highest BCUT2D eigenvalue weighted by Crippen LogP contribution is 2.40. The molecule has 0 spiro atoms. The van der Waals surface area contributed by atoms with Crippen LogP contribution in [0.2, 0.25) is 0 Å². The number of pyridine rings is 1. The molecule has 0 bridgehead atoms. The number of nitrogens with zero attached hydrogens (tertiary/aromatic N) is 1. The van der Waals surface area contributed by atoms with E-state index < -0.39 is 0 Å². The molecule has 1 aliphatic rings. The fraction of sp³-hybridized carbons (Fsp3) is 0.615. The Morgan fingerprint density at radius 1 is 1.41 bits per heavy atom. The first-order valence-corrected chi connectivity index (χ1v) is 6.44. The van der Waals surface area contributed by atoms with Crippen LogP contribution in [-0.2, 0) is 0 Å². The molecule has 17 heavy (non-hydrogen) atoms. The minimum atomic E-state index is 0.500. The van der Waals surface area contributed by atoms with Crippen LogP contribution in [0.3, 0.4) is 0 Å². The molecule has 4 heteroatoms. The lowest BCUT2D eigenvalue weighted by Crippen LogP contribution is -2.25. The Morgan fingerprint density at radius 3 is 2.82 bits per heavy atom. The van der Waals surface area contributed by atoms with E-state index in [-0.39, 0.29) is 0 Å². The molecule has 0 saturated heterocycles. The van der Waals surface area contributed by atoms with Crippen molar-refractivity contribution in [3.05, 3.63) is 18.3 Å². The second-order valence-electron chi connectivity index (χ2n) is 4.99. The number of hydrogen-bond acceptors (Lipinski definition) is 4. The summed E-state index contributed by atoms with van der Waals surface area (Å²) in [6, 6.07) is 3.93. The number of rotatable bonds is 5. The van der Waals surface area contributed by atoms with Gasteiger partial charge in [-0.2, -0.15) is 0 Å². The van der Waals surface area contributed by atoms with E-state index in [1.807, 2.05) is 12.1 Å². The fourth-order valence-electron chi connectivity index (χ4n) is 2.69. The molecule has 2 rings (SSSR count). The van der Waals surface area contributed by atoms with E-state index in [0.717, 1.165) is 12.2 Å². The van der Waals surface area contributed by atoms with Crippen molar-refractivity contribution in [1.82, 2.24) is 4.98 Å². The van der Waals surface area contributed by atoms with E-state index in [9.17, 15) is 0 Å². The molecule has 1 saturated carbocycles. The molecule has 4 nitrogen and oxygen atoms in total. The predicted octanol–water partition coefficient (Wildman–Crippen LogP) is 2.75. The average molecular weight is 234 g/mol. The quantitative estimate of drug-likeness (QED) is 0.541. The van der Waals surface area contributed by atoms with Crippen molar-refractivity contribution in [2.24, 2.45) is 11.3 Å². The van der Waals surface area contributed by atoms with Gasteiger partial charge in [0.2, 0.25) is 0 Å². The number of anilines is 2. The van der Waals surface area contributed by atoms with Gasteiger partial charge in [0.05, 0.1) is 0 Å². The second kappa shape index (κ2) is 5.36. The van der Waals surface area contributed by atoms with Crippen LogP contribution >= 0.6 is 0 Å². The molecule has 1 aromatic heterocycles. The highest BCUT2D eigenvalue weighted by Gasteiger charge is 2.31. The lowest BCUT2D eigenvalue weighted by atomic mass is 9.83. The smallest absolute Gasteiger partial charge is 0.141 e. The SMILES string of the molecule is CCC1(CNc2ccnc(NN)c2)CCCC1. The van der Waals surface area contributed by atoms with Gasteiger partial charge >= 0.3 is 0 Å². The van der Waals surface area contributed by atoms with Crippen LogP contribution in [0.4, 0.5) is 11.5 Å². The zero-order valence-corrected chi connectivity index (χ0v) is 10.5. The zero-order chi connectivity index (χ0) is 12.1. The summed E-state index contributed by atoms with van der Waals surface area (Å²) in [5.74, 6) is 6.05. The Hall–Kier alpha value is -1.29. The van der Waals surface area contributed by atoms with Crippen LogP contribution in [0, 0.1) is 5.41 Å². The summed E-state index contributed by atoms with van der Waals surface area (Å²) in [5, 5.41) is 3.52. The van der Waals surface area contributed by atoms with Gasteiger partial charge in [-0.1, -0.05) is 19.8 Å². The van der Waals surface area contributed by atoms with Crippen molar-refractivity contribution in [2.75, 3.05) is 17.3 Å². The third-order valence-corrected chi connectivity index (χ3v) is 3.99. The Morgan fingerprint density at radius 2 is 2.18 bits per heavy atom. The molecule has 1 aliphatic carbocycles. The summed E-state index contributed by atoms with van der Waals surface area (Å²) in [4.78, 5) is 4.10. The van der Waals surface area contributed by atoms with Crippen LogP contribution in [-0.4, -0.2) is 11.5 Å². The maximum atomic E-state index is 5.35. The van der Waals surface area contributed by atoms with Crippen molar-refractivity contribution in [2.45, 2.75) is 39.0 Å². The maximum absolute atomic E-state index is 5.35. The number of nitrogens with two attached hydrogens (primary N) is 1. The first-order chi connectivity index (χ1) is 8.28. The van der Waals surface area contributed by atoms with Gasteiger partial charge in [-0.3, -0.25) is 0 Å². The summed E-state index contributed by atoms with van der Waals surface area (Å²) >= 11 is 0. The highest BCUT2D eigenvalue weighted by molar-refractivity contribution is 5.51. The topological polar surface area (TPSA) is 63.0 Å². The van der Waals surface area contributed by atoms with Crippen LogP contribution in [0.5, 0.6) is 0 Å². The molecule has 1 aromatic rings. The molecule has 94 valence electrons. The van der Waals surface area contributed by atoms with E-state index in [1.165, 1.54) is 32.1 Å². The van der Waals surface area contributed by atoms with Gasteiger partial charge in [0.25, 0.3) is 0 Å². The molecule has 1 fully saturated rings. The van der Waals surface area contributed by atoms with E-state index in [0.29, 0.717) is 11.2 Å².